The average Bonchev–Trinajstić information content (AvgIpc) is 2.37. The molecule has 1 aromatic heterocycles. The predicted octanol–water partition coefficient (Wildman–Crippen LogP) is 2.52. The lowest BCUT2D eigenvalue weighted by Crippen LogP contribution is -2.35. The summed E-state index contributed by atoms with van der Waals surface area (Å²) < 4.78 is 0. The summed E-state index contributed by atoms with van der Waals surface area (Å²) in [6.07, 6.45) is 1.93. The van der Waals surface area contributed by atoms with Gasteiger partial charge in [-0.15, -0.1) is 0 Å². The van der Waals surface area contributed by atoms with Crippen LogP contribution >= 0.6 is 11.8 Å². The number of hydrogen-bond acceptors (Lipinski definition) is 4. The highest BCUT2D eigenvalue weighted by Gasteiger charge is 2.13. The first kappa shape index (κ1) is 13.7. The fraction of sp³-hybridized carbons (Fsp3) is 0.643. The number of pyridine rings is 1. The van der Waals surface area contributed by atoms with Gasteiger partial charge >= 0.3 is 0 Å². The molecule has 2 rings (SSSR count). The summed E-state index contributed by atoms with van der Waals surface area (Å²) in [5, 5.41) is 3.52. The van der Waals surface area contributed by atoms with Gasteiger partial charge in [-0.2, -0.15) is 11.8 Å². The topological polar surface area (TPSA) is 28.2 Å². The van der Waals surface area contributed by atoms with Crippen LogP contribution in [0.1, 0.15) is 26.3 Å². The Kier molecular flexibility index (Phi) is 4.51. The Bertz CT molecular complexity index is 381. The molecule has 100 valence electrons. The minimum absolute atomic E-state index is 0.158. The van der Waals surface area contributed by atoms with Crippen LogP contribution < -0.4 is 10.2 Å². The van der Waals surface area contributed by atoms with Gasteiger partial charge in [-0.1, -0.05) is 0 Å². The second kappa shape index (κ2) is 5.93. The molecule has 1 saturated heterocycles. The van der Waals surface area contributed by atoms with Gasteiger partial charge < -0.3 is 10.2 Å². The van der Waals surface area contributed by atoms with E-state index in [1.807, 2.05) is 18.0 Å². The van der Waals surface area contributed by atoms with Crippen molar-refractivity contribution in [3.8, 4) is 0 Å². The van der Waals surface area contributed by atoms with Crippen LogP contribution in [0.4, 0.5) is 5.82 Å². The minimum Gasteiger partial charge on any atom is -0.355 e. The normalized spacial score (nSPS) is 16.9. The Hall–Kier alpha value is -0.740. The molecule has 2 heterocycles. The summed E-state index contributed by atoms with van der Waals surface area (Å²) in [4.78, 5) is 6.88. The van der Waals surface area contributed by atoms with Crippen molar-refractivity contribution in [3.63, 3.8) is 0 Å². The first-order valence-corrected chi connectivity index (χ1v) is 7.73. The molecule has 0 bridgehead atoms. The first-order valence-electron chi connectivity index (χ1n) is 6.57. The summed E-state index contributed by atoms with van der Waals surface area (Å²) >= 11 is 2.03. The lowest BCUT2D eigenvalue weighted by Gasteiger charge is -2.28. The number of aromatic nitrogens is 1. The van der Waals surface area contributed by atoms with Crippen molar-refractivity contribution < 1.29 is 0 Å². The Morgan fingerprint density at radius 3 is 2.72 bits per heavy atom. The third kappa shape index (κ3) is 4.18. The zero-order valence-corrected chi connectivity index (χ0v) is 12.4. The zero-order chi connectivity index (χ0) is 13.0. The molecule has 3 nitrogen and oxygen atoms in total. The quantitative estimate of drug-likeness (QED) is 0.909. The van der Waals surface area contributed by atoms with Gasteiger partial charge in [0, 0.05) is 42.9 Å². The zero-order valence-electron chi connectivity index (χ0n) is 11.6. The fourth-order valence-corrected chi connectivity index (χ4v) is 2.81. The summed E-state index contributed by atoms with van der Waals surface area (Å²) in [6.45, 7) is 9.72. The number of anilines is 1. The van der Waals surface area contributed by atoms with E-state index in [0.29, 0.717) is 0 Å². The Balaban J connectivity index is 2.00. The van der Waals surface area contributed by atoms with Gasteiger partial charge in [0.15, 0.2) is 0 Å². The van der Waals surface area contributed by atoms with Gasteiger partial charge in [0.2, 0.25) is 0 Å². The monoisotopic (exact) mass is 265 g/mol. The molecule has 1 aliphatic heterocycles. The van der Waals surface area contributed by atoms with E-state index in [1.54, 1.807) is 0 Å². The van der Waals surface area contributed by atoms with Crippen molar-refractivity contribution in [1.29, 1.82) is 0 Å². The third-order valence-corrected chi connectivity index (χ3v) is 3.91. The van der Waals surface area contributed by atoms with Crippen LogP contribution in [0.15, 0.2) is 18.3 Å². The molecule has 1 aromatic rings. The number of nitrogens with one attached hydrogen (secondary N) is 1. The van der Waals surface area contributed by atoms with Crippen LogP contribution in [0, 0.1) is 0 Å². The van der Waals surface area contributed by atoms with Crippen molar-refractivity contribution in [2.75, 3.05) is 29.5 Å². The van der Waals surface area contributed by atoms with E-state index in [9.17, 15) is 0 Å². The smallest absolute Gasteiger partial charge is 0.128 e. The van der Waals surface area contributed by atoms with Crippen molar-refractivity contribution in [2.45, 2.75) is 32.9 Å². The van der Waals surface area contributed by atoms with Crippen molar-refractivity contribution in [3.05, 3.63) is 23.9 Å². The number of thioether (sulfide) groups is 1. The van der Waals surface area contributed by atoms with Gasteiger partial charge in [0.05, 0.1) is 0 Å². The largest absolute Gasteiger partial charge is 0.355 e. The molecule has 1 N–H and O–H groups in total. The number of rotatable bonds is 3. The van der Waals surface area contributed by atoms with E-state index in [4.69, 9.17) is 0 Å². The van der Waals surface area contributed by atoms with Gasteiger partial charge in [-0.25, -0.2) is 4.98 Å². The molecule has 0 unspecified atom stereocenters. The summed E-state index contributed by atoms with van der Waals surface area (Å²) in [6, 6.07) is 4.32. The maximum atomic E-state index is 4.50. The fourth-order valence-electron chi connectivity index (χ4n) is 1.90. The summed E-state index contributed by atoms with van der Waals surface area (Å²) in [7, 11) is 0. The van der Waals surface area contributed by atoms with E-state index in [-0.39, 0.29) is 5.54 Å². The highest BCUT2D eigenvalue weighted by atomic mass is 32.2. The van der Waals surface area contributed by atoms with E-state index >= 15 is 0 Å². The van der Waals surface area contributed by atoms with Crippen LogP contribution in [0.2, 0.25) is 0 Å². The van der Waals surface area contributed by atoms with Gasteiger partial charge in [-0.3, -0.25) is 0 Å². The van der Waals surface area contributed by atoms with Crippen molar-refractivity contribution in [1.82, 2.24) is 10.3 Å². The van der Waals surface area contributed by atoms with Crippen LogP contribution in [-0.4, -0.2) is 35.1 Å². The molecule has 0 spiro atoms. The predicted molar refractivity (Wildman–Crippen MR) is 80.4 cm³/mol. The van der Waals surface area contributed by atoms with Crippen LogP contribution in [0.5, 0.6) is 0 Å². The van der Waals surface area contributed by atoms with Crippen LogP contribution in [-0.2, 0) is 6.54 Å². The summed E-state index contributed by atoms with van der Waals surface area (Å²) in [5.41, 5.74) is 1.47. The van der Waals surface area contributed by atoms with Gasteiger partial charge in [0.1, 0.15) is 5.82 Å². The highest BCUT2D eigenvalue weighted by molar-refractivity contribution is 7.99. The Morgan fingerprint density at radius 1 is 1.33 bits per heavy atom. The molecule has 1 aliphatic rings. The van der Waals surface area contributed by atoms with Gasteiger partial charge in [-0.05, 0) is 38.5 Å². The van der Waals surface area contributed by atoms with E-state index in [0.717, 1.165) is 25.5 Å². The molecule has 0 radical (unpaired) electrons. The molecule has 0 saturated carbocycles. The number of hydrogen-bond donors (Lipinski definition) is 1. The number of nitrogens with zero attached hydrogens (tertiary/aromatic N) is 2. The maximum absolute atomic E-state index is 4.50. The maximum Gasteiger partial charge on any atom is 0.128 e. The van der Waals surface area contributed by atoms with Crippen molar-refractivity contribution >= 4 is 17.6 Å². The molecule has 0 aliphatic carbocycles. The van der Waals surface area contributed by atoms with E-state index in [1.165, 1.54) is 17.1 Å². The average molecular weight is 265 g/mol. The van der Waals surface area contributed by atoms with Crippen LogP contribution in [0.25, 0.3) is 0 Å². The minimum atomic E-state index is 0.158. The molecule has 1 fully saturated rings. The second-order valence-electron chi connectivity index (χ2n) is 5.73. The van der Waals surface area contributed by atoms with Crippen molar-refractivity contribution in [2.24, 2.45) is 0 Å². The van der Waals surface area contributed by atoms with Crippen LogP contribution in [0.3, 0.4) is 0 Å². The molecular weight excluding hydrogens is 242 g/mol. The molecular formula is C14H23N3S. The lowest BCUT2D eigenvalue weighted by molar-refractivity contribution is 0.424. The van der Waals surface area contributed by atoms with Gasteiger partial charge in [0.25, 0.3) is 0 Å². The molecule has 0 amide bonds. The Labute approximate surface area is 114 Å². The molecule has 18 heavy (non-hydrogen) atoms. The summed E-state index contributed by atoms with van der Waals surface area (Å²) in [5.74, 6) is 3.56. The van der Waals surface area contributed by atoms with E-state index in [2.05, 4.69) is 48.1 Å². The molecule has 4 heteroatoms. The standard InChI is InChI=1S/C14H23N3S/c1-14(2,3)16-11-12-4-5-15-13(10-12)17-6-8-18-9-7-17/h4-5,10,16H,6-9,11H2,1-3H3. The second-order valence-corrected chi connectivity index (χ2v) is 6.95. The molecule has 0 aromatic carbocycles. The Morgan fingerprint density at radius 2 is 2.06 bits per heavy atom. The SMILES string of the molecule is CC(C)(C)NCc1ccnc(N2CCSCC2)c1. The first-order chi connectivity index (χ1) is 8.54. The third-order valence-electron chi connectivity index (χ3n) is 2.97. The van der Waals surface area contributed by atoms with E-state index < -0.39 is 0 Å². The lowest BCUT2D eigenvalue weighted by atomic mass is 10.1. The molecule has 0 atom stereocenters. The highest BCUT2D eigenvalue weighted by Crippen LogP contribution is 2.18.